The summed E-state index contributed by atoms with van der Waals surface area (Å²) < 4.78 is 25.5. The van der Waals surface area contributed by atoms with Gasteiger partial charge in [0.2, 0.25) is 0 Å². The van der Waals surface area contributed by atoms with Crippen molar-refractivity contribution in [3.8, 4) is 5.75 Å². The number of carbonyl (C=O) groups excluding carboxylic acids is 3. The predicted molar refractivity (Wildman–Crippen MR) is 142 cm³/mol. The first-order valence-electron chi connectivity index (χ1n) is 12.6. The Labute approximate surface area is 223 Å². The number of nitrogens with zero attached hydrogens (tertiary/aromatic N) is 1. The van der Waals surface area contributed by atoms with Gasteiger partial charge in [0, 0.05) is 27.9 Å². The highest BCUT2D eigenvalue weighted by Crippen LogP contribution is 2.61. The largest absolute Gasteiger partial charge is 0.497 e. The fourth-order valence-electron chi connectivity index (χ4n) is 6.67. The number of fused-ring (bicyclic) bond motifs is 5. The fourth-order valence-corrected chi connectivity index (χ4v) is 6.67. The van der Waals surface area contributed by atoms with Crippen molar-refractivity contribution in [1.29, 1.82) is 0 Å². The SMILES string of the molecule is COc1cccc(C(=O)[C@@H]2[C@H](c3ccco3)C3(C(=O)c4ccccc4C3=O)[C@@H]3C=Cc4cc(F)ccc4N23)c1. The van der Waals surface area contributed by atoms with Gasteiger partial charge in [0.05, 0.1) is 25.3 Å². The number of hydrogen-bond donors (Lipinski definition) is 0. The summed E-state index contributed by atoms with van der Waals surface area (Å²) >= 11 is 0. The van der Waals surface area contributed by atoms with Crippen LogP contribution in [0.25, 0.3) is 6.08 Å². The summed E-state index contributed by atoms with van der Waals surface area (Å²) in [4.78, 5) is 45.2. The predicted octanol–water partition coefficient (Wildman–Crippen LogP) is 5.74. The van der Waals surface area contributed by atoms with Gasteiger partial charge in [0.15, 0.2) is 17.3 Å². The fraction of sp³-hybridized carbons (Fsp3) is 0.156. The van der Waals surface area contributed by atoms with E-state index < -0.39 is 29.2 Å². The maximum Gasteiger partial charge on any atom is 0.186 e. The van der Waals surface area contributed by atoms with E-state index in [2.05, 4.69) is 0 Å². The molecule has 0 unspecified atom stereocenters. The molecular formula is C32H22FNO5. The van der Waals surface area contributed by atoms with Crippen molar-refractivity contribution in [3.63, 3.8) is 0 Å². The molecule has 1 saturated heterocycles. The molecule has 1 aliphatic carbocycles. The Morgan fingerprint density at radius 1 is 0.949 bits per heavy atom. The summed E-state index contributed by atoms with van der Waals surface area (Å²) in [6.07, 6.45) is 4.95. The second-order valence-electron chi connectivity index (χ2n) is 10.0. The van der Waals surface area contributed by atoms with E-state index >= 15 is 0 Å². The Morgan fingerprint density at radius 3 is 2.41 bits per heavy atom. The lowest BCUT2D eigenvalue weighted by atomic mass is 9.65. The van der Waals surface area contributed by atoms with Crippen LogP contribution in [0.3, 0.4) is 0 Å². The first-order valence-corrected chi connectivity index (χ1v) is 12.6. The van der Waals surface area contributed by atoms with Crippen molar-refractivity contribution < 1.29 is 27.9 Å². The molecule has 1 aromatic heterocycles. The highest BCUT2D eigenvalue weighted by molar-refractivity contribution is 6.32. The molecule has 39 heavy (non-hydrogen) atoms. The maximum atomic E-state index is 14.5. The Balaban J connectivity index is 1.53. The second kappa shape index (κ2) is 8.36. The Kier molecular flexibility index (Phi) is 5.01. The number of carbonyl (C=O) groups is 3. The van der Waals surface area contributed by atoms with Crippen LogP contribution in [-0.4, -0.2) is 36.5 Å². The lowest BCUT2D eigenvalue weighted by Gasteiger charge is -2.37. The van der Waals surface area contributed by atoms with Gasteiger partial charge in [-0.05, 0) is 42.5 Å². The van der Waals surface area contributed by atoms with E-state index in [-0.39, 0.29) is 17.3 Å². The number of ether oxygens (including phenoxy) is 1. The van der Waals surface area contributed by atoms with Gasteiger partial charge in [-0.25, -0.2) is 4.39 Å². The third-order valence-electron chi connectivity index (χ3n) is 8.24. The van der Waals surface area contributed by atoms with Crippen molar-refractivity contribution in [2.24, 2.45) is 5.41 Å². The minimum Gasteiger partial charge on any atom is -0.497 e. The van der Waals surface area contributed by atoms with Gasteiger partial charge in [0.1, 0.15) is 28.8 Å². The molecule has 4 aromatic rings. The number of ketones is 3. The van der Waals surface area contributed by atoms with Crippen LogP contribution in [0.4, 0.5) is 10.1 Å². The standard InChI is InChI=1S/C32H22FNO5/c1-38-21-7-4-6-19(17-21)29(35)28-27(25-10-5-15-39-25)32(30(36)22-8-2-3-9-23(22)31(32)37)26-14-11-18-16-20(33)12-13-24(18)34(26)28/h2-17,26-28H,1H3/t26-,27-,28-/m0/s1. The molecule has 7 heteroatoms. The minimum absolute atomic E-state index is 0.306. The molecule has 0 bridgehead atoms. The van der Waals surface area contributed by atoms with E-state index in [1.165, 1.54) is 25.5 Å². The molecule has 0 amide bonds. The van der Waals surface area contributed by atoms with Gasteiger partial charge in [-0.15, -0.1) is 0 Å². The average Bonchev–Trinajstić information content (AvgIpc) is 3.65. The summed E-state index contributed by atoms with van der Waals surface area (Å²) in [5, 5.41) is 0. The Morgan fingerprint density at radius 2 is 1.72 bits per heavy atom. The van der Waals surface area contributed by atoms with Gasteiger partial charge in [-0.1, -0.05) is 48.6 Å². The monoisotopic (exact) mass is 519 g/mol. The van der Waals surface area contributed by atoms with Crippen LogP contribution in [0.5, 0.6) is 5.75 Å². The average molecular weight is 520 g/mol. The number of benzene rings is 3. The number of halogens is 1. The number of Topliss-reactive ketones (excluding diaryl/α,β-unsaturated/α-hetero) is 3. The van der Waals surface area contributed by atoms with E-state index in [0.29, 0.717) is 39.5 Å². The molecule has 1 spiro atoms. The van der Waals surface area contributed by atoms with E-state index in [1.54, 1.807) is 78.9 Å². The molecule has 3 atom stereocenters. The molecule has 1 fully saturated rings. The third kappa shape index (κ3) is 3.04. The van der Waals surface area contributed by atoms with E-state index in [4.69, 9.17) is 9.15 Å². The lowest BCUT2D eigenvalue weighted by molar-refractivity contribution is 0.0652. The van der Waals surface area contributed by atoms with Crippen LogP contribution >= 0.6 is 0 Å². The summed E-state index contributed by atoms with van der Waals surface area (Å²) in [5.41, 5.74) is 0.470. The van der Waals surface area contributed by atoms with Crippen LogP contribution in [-0.2, 0) is 0 Å². The molecular weight excluding hydrogens is 497 g/mol. The minimum atomic E-state index is -1.66. The maximum absolute atomic E-state index is 14.5. The summed E-state index contributed by atoms with van der Waals surface area (Å²) in [7, 11) is 1.52. The first kappa shape index (κ1) is 23.3. The summed E-state index contributed by atoms with van der Waals surface area (Å²) in [6, 6.07) is 19.4. The molecule has 0 N–H and O–H groups in total. The second-order valence-corrected chi connectivity index (χ2v) is 10.0. The van der Waals surface area contributed by atoms with Gasteiger partial charge < -0.3 is 14.1 Å². The molecule has 3 heterocycles. The van der Waals surface area contributed by atoms with Crippen molar-refractivity contribution in [2.75, 3.05) is 12.0 Å². The Bertz CT molecular complexity index is 1670. The van der Waals surface area contributed by atoms with Crippen LogP contribution < -0.4 is 9.64 Å². The van der Waals surface area contributed by atoms with E-state index in [9.17, 15) is 18.8 Å². The third-order valence-corrected chi connectivity index (χ3v) is 8.24. The summed E-state index contributed by atoms with van der Waals surface area (Å²) in [5.74, 6) is -1.53. The Hall–Kier alpha value is -4.78. The number of anilines is 1. The number of methoxy groups -OCH3 is 1. The highest BCUT2D eigenvalue weighted by Gasteiger charge is 2.72. The number of hydrogen-bond acceptors (Lipinski definition) is 6. The van der Waals surface area contributed by atoms with Crippen LogP contribution in [0, 0.1) is 11.2 Å². The molecule has 192 valence electrons. The molecule has 7 rings (SSSR count). The van der Waals surface area contributed by atoms with Crippen LogP contribution in [0.15, 0.2) is 95.6 Å². The molecule has 3 aliphatic rings. The molecule has 3 aromatic carbocycles. The molecule has 6 nitrogen and oxygen atoms in total. The zero-order valence-corrected chi connectivity index (χ0v) is 20.8. The van der Waals surface area contributed by atoms with Crippen molar-refractivity contribution in [1.82, 2.24) is 0 Å². The van der Waals surface area contributed by atoms with E-state index in [0.717, 1.165) is 0 Å². The summed E-state index contributed by atoms with van der Waals surface area (Å²) in [6.45, 7) is 0. The number of rotatable bonds is 4. The molecule has 0 saturated carbocycles. The highest BCUT2D eigenvalue weighted by atomic mass is 19.1. The molecule has 2 aliphatic heterocycles. The van der Waals surface area contributed by atoms with Crippen molar-refractivity contribution in [3.05, 3.63) is 125 Å². The van der Waals surface area contributed by atoms with Crippen LogP contribution in [0.1, 0.15) is 48.3 Å². The van der Waals surface area contributed by atoms with Gasteiger partial charge >= 0.3 is 0 Å². The normalized spacial score (nSPS) is 22.1. The molecule has 0 radical (unpaired) electrons. The lowest BCUT2D eigenvalue weighted by Crippen LogP contribution is -2.48. The first-order chi connectivity index (χ1) is 19.0. The smallest absolute Gasteiger partial charge is 0.186 e. The van der Waals surface area contributed by atoms with Crippen molar-refractivity contribution in [2.45, 2.75) is 18.0 Å². The van der Waals surface area contributed by atoms with Crippen molar-refractivity contribution >= 4 is 29.1 Å². The van der Waals surface area contributed by atoms with Gasteiger partial charge in [-0.3, -0.25) is 14.4 Å². The topological polar surface area (TPSA) is 76.8 Å². The van der Waals surface area contributed by atoms with Gasteiger partial charge in [0.25, 0.3) is 0 Å². The zero-order valence-electron chi connectivity index (χ0n) is 20.8. The zero-order chi connectivity index (χ0) is 26.9. The van der Waals surface area contributed by atoms with Crippen LogP contribution in [0.2, 0.25) is 0 Å². The van der Waals surface area contributed by atoms with Gasteiger partial charge in [-0.2, -0.15) is 0 Å². The van der Waals surface area contributed by atoms with E-state index in [1.807, 2.05) is 4.90 Å². The quantitative estimate of drug-likeness (QED) is 0.253. The number of furan rings is 1.